The van der Waals surface area contributed by atoms with Gasteiger partial charge >= 0.3 is 0 Å². The van der Waals surface area contributed by atoms with Crippen LogP contribution in [-0.2, 0) is 13.0 Å². The van der Waals surface area contributed by atoms with Gasteiger partial charge in [0.05, 0.1) is 6.61 Å². The highest BCUT2D eigenvalue weighted by atomic mass is 32.1. The number of ether oxygens (including phenoxy) is 1. The molecule has 0 aliphatic carbocycles. The highest BCUT2D eigenvalue weighted by Gasteiger charge is 2.22. The monoisotopic (exact) mass is 287 g/mol. The van der Waals surface area contributed by atoms with Gasteiger partial charge in [-0.05, 0) is 54.6 Å². The van der Waals surface area contributed by atoms with Crippen LogP contribution in [0.25, 0.3) is 0 Å². The second-order valence-corrected chi connectivity index (χ2v) is 5.80. The van der Waals surface area contributed by atoms with E-state index in [1.165, 1.54) is 10.4 Å². The molecule has 0 spiro atoms. The third kappa shape index (κ3) is 2.56. The number of hydrogen-bond acceptors (Lipinski definition) is 3. The van der Waals surface area contributed by atoms with Gasteiger partial charge in [0.15, 0.2) is 0 Å². The van der Waals surface area contributed by atoms with Gasteiger partial charge in [0.25, 0.3) is 5.91 Å². The summed E-state index contributed by atoms with van der Waals surface area (Å²) in [4.78, 5) is 15.8. The topological polar surface area (TPSA) is 29.5 Å². The van der Waals surface area contributed by atoms with Crippen molar-refractivity contribution in [3.05, 3.63) is 51.7 Å². The second kappa shape index (κ2) is 5.67. The molecule has 2 aromatic rings. The molecular weight excluding hydrogens is 270 g/mol. The number of thiophene rings is 1. The Morgan fingerprint density at radius 1 is 1.30 bits per heavy atom. The molecule has 2 heterocycles. The molecule has 1 amide bonds. The van der Waals surface area contributed by atoms with Crippen molar-refractivity contribution >= 4 is 17.2 Å². The largest absolute Gasteiger partial charge is 0.494 e. The van der Waals surface area contributed by atoms with Gasteiger partial charge in [-0.15, -0.1) is 11.3 Å². The second-order valence-electron chi connectivity index (χ2n) is 4.80. The van der Waals surface area contributed by atoms with Crippen LogP contribution in [0.5, 0.6) is 5.75 Å². The number of nitrogens with zero attached hydrogens (tertiary/aromatic N) is 1. The predicted molar refractivity (Wildman–Crippen MR) is 80.4 cm³/mol. The van der Waals surface area contributed by atoms with Gasteiger partial charge in [0.1, 0.15) is 5.75 Å². The van der Waals surface area contributed by atoms with Crippen LogP contribution in [0.2, 0.25) is 0 Å². The maximum absolute atomic E-state index is 12.5. The van der Waals surface area contributed by atoms with Gasteiger partial charge in [-0.3, -0.25) is 4.79 Å². The van der Waals surface area contributed by atoms with Gasteiger partial charge in [-0.2, -0.15) is 0 Å². The van der Waals surface area contributed by atoms with Crippen molar-refractivity contribution in [2.24, 2.45) is 0 Å². The minimum atomic E-state index is 0.102. The van der Waals surface area contributed by atoms with E-state index in [0.717, 1.165) is 30.8 Å². The lowest BCUT2D eigenvalue weighted by Crippen LogP contribution is -2.35. The lowest BCUT2D eigenvalue weighted by atomic mass is 10.1. The first-order valence-electron chi connectivity index (χ1n) is 6.85. The Bertz CT molecular complexity index is 603. The molecule has 0 atom stereocenters. The van der Waals surface area contributed by atoms with Crippen molar-refractivity contribution < 1.29 is 9.53 Å². The molecule has 4 heteroatoms. The number of benzene rings is 1. The summed E-state index contributed by atoms with van der Waals surface area (Å²) in [5.74, 6) is 0.910. The van der Waals surface area contributed by atoms with E-state index in [9.17, 15) is 4.79 Å². The van der Waals surface area contributed by atoms with Crippen LogP contribution in [0.15, 0.2) is 35.7 Å². The normalized spacial score (nSPS) is 13.9. The van der Waals surface area contributed by atoms with Crippen LogP contribution in [0.4, 0.5) is 0 Å². The maximum Gasteiger partial charge on any atom is 0.254 e. The maximum atomic E-state index is 12.5. The first kappa shape index (κ1) is 13.2. The van der Waals surface area contributed by atoms with Crippen molar-refractivity contribution in [3.8, 4) is 5.75 Å². The highest BCUT2D eigenvalue weighted by Crippen LogP contribution is 2.25. The minimum absolute atomic E-state index is 0.102. The first-order valence-corrected chi connectivity index (χ1v) is 7.73. The Labute approximate surface area is 122 Å². The number of hydrogen-bond donors (Lipinski definition) is 0. The molecule has 3 nitrogen and oxygen atoms in total. The molecule has 0 saturated heterocycles. The fourth-order valence-corrected chi connectivity index (χ4v) is 3.35. The van der Waals surface area contributed by atoms with Gasteiger partial charge in [-0.1, -0.05) is 0 Å². The van der Waals surface area contributed by atoms with E-state index in [-0.39, 0.29) is 5.91 Å². The lowest BCUT2D eigenvalue weighted by Gasteiger charge is -2.27. The molecular formula is C16H17NO2S. The van der Waals surface area contributed by atoms with E-state index in [4.69, 9.17) is 4.74 Å². The third-order valence-corrected chi connectivity index (χ3v) is 4.53. The highest BCUT2D eigenvalue weighted by molar-refractivity contribution is 7.10. The number of carbonyl (C=O) groups is 1. The van der Waals surface area contributed by atoms with E-state index in [0.29, 0.717) is 6.61 Å². The van der Waals surface area contributed by atoms with E-state index in [1.807, 2.05) is 36.1 Å². The minimum Gasteiger partial charge on any atom is -0.494 e. The zero-order chi connectivity index (χ0) is 13.9. The van der Waals surface area contributed by atoms with Gasteiger partial charge < -0.3 is 9.64 Å². The van der Waals surface area contributed by atoms with Crippen molar-refractivity contribution in [2.45, 2.75) is 19.9 Å². The van der Waals surface area contributed by atoms with Crippen LogP contribution in [0.1, 0.15) is 27.7 Å². The summed E-state index contributed by atoms with van der Waals surface area (Å²) in [6.45, 7) is 4.12. The number of amides is 1. The molecule has 0 unspecified atom stereocenters. The van der Waals surface area contributed by atoms with Crippen LogP contribution >= 0.6 is 11.3 Å². The van der Waals surface area contributed by atoms with E-state index in [1.54, 1.807) is 11.3 Å². The molecule has 1 aliphatic heterocycles. The molecule has 1 aromatic heterocycles. The number of carbonyl (C=O) groups excluding carboxylic acids is 1. The molecule has 0 saturated carbocycles. The van der Waals surface area contributed by atoms with Crippen LogP contribution in [0.3, 0.4) is 0 Å². The zero-order valence-electron chi connectivity index (χ0n) is 11.5. The van der Waals surface area contributed by atoms with Crippen molar-refractivity contribution in [1.82, 2.24) is 4.90 Å². The summed E-state index contributed by atoms with van der Waals surface area (Å²) in [6, 6.07) is 9.53. The Kier molecular flexibility index (Phi) is 3.74. The summed E-state index contributed by atoms with van der Waals surface area (Å²) >= 11 is 1.79. The Morgan fingerprint density at radius 3 is 2.85 bits per heavy atom. The summed E-state index contributed by atoms with van der Waals surface area (Å²) in [5.41, 5.74) is 2.02. The average Bonchev–Trinajstić information content (AvgIpc) is 2.95. The molecule has 1 aromatic carbocycles. The van der Waals surface area contributed by atoms with E-state index < -0.39 is 0 Å². The molecule has 0 fully saturated rings. The van der Waals surface area contributed by atoms with E-state index >= 15 is 0 Å². The quantitative estimate of drug-likeness (QED) is 0.866. The Morgan fingerprint density at radius 2 is 2.10 bits per heavy atom. The number of rotatable bonds is 3. The molecule has 20 heavy (non-hydrogen) atoms. The summed E-state index contributed by atoms with van der Waals surface area (Å²) in [7, 11) is 0. The molecule has 0 bridgehead atoms. The molecule has 0 N–H and O–H groups in total. The fourth-order valence-electron chi connectivity index (χ4n) is 2.46. The smallest absolute Gasteiger partial charge is 0.254 e. The molecule has 104 valence electrons. The van der Waals surface area contributed by atoms with E-state index in [2.05, 4.69) is 11.4 Å². The van der Waals surface area contributed by atoms with Crippen molar-refractivity contribution in [3.63, 3.8) is 0 Å². The van der Waals surface area contributed by atoms with Crippen LogP contribution in [0, 0.1) is 0 Å². The molecule has 3 rings (SSSR count). The van der Waals surface area contributed by atoms with Gasteiger partial charge in [0, 0.05) is 23.5 Å². The average molecular weight is 287 g/mol. The summed E-state index contributed by atoms with van der Waals surface area (Å²) in [5, 5.41) is 2.11. The lowest BCUT2D eigenvalue weighted by molar-refractivity contribution is 0.0736. The van der Waals surface area contributed by atoms with Crippen molar-refractivity contribution in [1.29, 1.82) is 0 Å². The standard InChI is InChI=1S/C16H17NO2S/c1-2-19-14-5-3-12(4-6-14)16(18)17-9-7-15-13(11-17)8-10-20-15/h3-6,8,10H,2,7,9,11H2,1H3. The summed E-state index contributed by atoms with van der Waals surface area (Å²) < 4.78 is 5.40. The SMILES string of the molecule is CCOc1ccc(C(=O)N2CCc3sccc3C2)cc1. The van der Waals surface area contributed by atoms with Gasteiger partial charge in [-0.25, -0.2) is 0 Å². The van der Waals surface area contributed by atoms with Gasteiger partial charge in [0.2, 0.25) is 0 Å². The van der Waals surface area contributed by atoms with Crippen molar-refractivity contribution in [2.75, 3.05) is 13.2 Å². The van der Waals surface area contributed by atoms with Crippen LogP contribution in [-0.4, -0.2) is 24.0 Å². The molecule has 1 aliphatic rings. The molecule has 0 radical (unpaired) electrons. The number of fused-ring (bicyclic) bond motifs is 1. The van der Waals surface area contributed by atoms with Crippen LogP contribution < -0.4 is 4.74 Å². The zero-order valence-corrected chi connectivity index (χ0v) is 12.3. The Hall–Kier alpha value is -1.81. The predicted octanol–water partition coefficient (Wildman–Crippen LogP) is 3.35. The first-order chi connectivity index (χ1) is 9.78. The summed E-state index contributed by atoms with van der Waals surface area (Å²) in [6.07, 6.45) is 0.968. The third-order valence-electron chi connectivity index (χ3n) is 3.51. The fraction of sp³-hybridized carbons (Fsp3) is 0.312. The Balaban J connectivity index is 1.73.